The molecule has 2 rings (SSSR count). The van der Waals surface area contributed by atoms with Crippen LogP contribution >= 0.6 is 12.2 Å². The van der Waals surface area contributed by atoms with E-state index in [0.717, 1.165) is 16.8 Å². The fourth-order valence-corrected chi connectivity index (χ4v) is 2.52. The van der Waals surface area contributed by atoms with Gasteiger partial charge >= 0.3 is 0 Å². The molecule has 2 aromatic rings. The molecule has 0 saturated carbocycles. The molecule has 2 aromatic carbocycles. The number of nitrogens with one attached hydrogen (secondary N) is 1. The molecule has 0 fully saturated rings. The van der Waals surface area contributed by atoms with Gasteiger partial charge in [-0.15, -0.1) is 0 Å². The molecule has 118 valence electrons. The molecule has 0 bridgehead atoms. The summed E-state index contributed by atoms with van der Waals surface area (Å²) in [5.74, 6) is -0.365. The minimum absolute atomic E-state index is 0.253. The van der Waals surface area contributed by atoms with Crippen LogP contribution in [0.5, 0.6) is 0 Å². The molecule has 0 aliphatic rings. The van der Waals surface area contributed by atoms with E-state index in [1.165, 1.54) is 6.07 Å². The SMILES string of the molecule is Cc1ccc(C)c(NC(=S)N(CCC#N)c2ccccc2F)c1. The van der Waals surface area contributed by atoms with E-state index in [4.69, 9.17) is 17.5 Å². The largest absolute Gasteiger partial charge is 0.332 e. The van der Waals surface area contributed by atoms with Crippen LogP contribution in [0.4, 0.5) is 15.8 Å². The van der Waals surface area contributed by atoms with Crippen molar-refractivity contribution in [3.8, 4) is 6.07 Å². The average Bonchev–Trinajstić information content (AvgIpc) is 2.53. The van der Waals surface area contributed by atoms with Crippen molar-refractivity contribution in [3.63, 3.8) is 0 Å². The summed E-state index contributed by atoms with van der Waals surface area (Å²) in [5.41, 5.74) is 3.40. The lowest BCUT2D eigenvalue weighted by Gasteiger charge is -2.26. The minimum atomic E-state index is -0.365. The van der Waals surface area contributed by atoms with E-state index >= 15 is 0 Å². The van der Waals surface area contributed by atoms with E-state index in [0.29, 0.717) is 17.3 Å². The molecule has 5 heteroatoms. The third-order valence-electron chi connectivity index (χ3n) is 3.47. The van der Waals surface area contributed by atoms with Crippen molar-refractivity contribution in [2.75, 3.05) is 16.8 Å². The lowest BCUT2D eigenvalue weighted by molar-refractivity contribution is 0.626. The van der Waals surface area contributed by atoms with E-state index in [2.05, 4.69) is 11.4 Å². The molecule has 0 unspecified atom stereocenters. The maximum absolute atomic E-state index is 14.1. The molecule has 0 aliphatic heterocycles. The summed E-state index contributed by atoms with van der Waals surface area (Å²) < 4.78 is 14.1. The van der Waals surface area contributed by atoms with Gasteiger partial charge in [-0.3, -0.25) is 0 Å². The van der Waals surface area contributed by atoms with Crippen molar-refractivity contribution in [3.05, 3.63) is 59.4 Å². The van der Waals surface area contributed by atoms with E-state index in [9.17, 15) is 4.39 Å². The molecule has 0 radical (unpaired) electrons. The van der Waals surface area contributed by atoms with Gasteiger partial charge in [-0.2, -0.15) is 5.26 Å². The second kappa shape index (κ2) is 7.70. The maximum atomic E-state index is 14.1. The molecule has 0 aliphatic carbocycles. The predicted molar refractivity (Wildman–Crippen MR) is 96.1 cm³/mol. The van der Waals surface area contributed by atoms with Gasteiger partial charge in [0, 0.05) is 12.2 Å². The third-order valence-corrected chi connectivity index (χ3v) is 3.79. The van der Waals surface area contributed by atoms with Gasteiger partial charge in [0.1, 0.15) is 5.82 Å². The van der Waals surface area contributed by atoms with Gasteiger partial charge in [0.15, 0.2) is 5.11 Å². The third kappa shape index (κ3) is 4.27. The van der Waals surface area contributed by atoms with Gasteiger partial charge in [0.05, 0.1) is 18.2 Å². The number of benzene rings is 2. The Bertz CT molecular complexity index is 752. The number of nitrogens with zero attached hydrogens (tertiary/aromatic N) is 2. The zero-order chi connectivity index (χ0) is 16.8. The molecule has 3 nitrogen and oxygen atoms in total. The van der Waals surface area contributed by atoms with E-state index in [1.54, 1.807) is 23.1 Å². The van der Waals surface area contributed by atoms with Crippen LogP contribution in [0.25, 0.3) is 0 Å². The number of rotatable bonds is 4. The Hall–Kier alpha value is -2.45. The van der Waals surface area contributed by atoms with Crippen molar-refractivity contribution in [1.82, 2.24) is 0 Å². The van der Waals surface area contributed by atoms with E-state index in [-0.39, 0.29) is 12.2 Å². The Morgan fingerprint density at radius 3 is 2.70 bits per heavy atom. The van der Waals surface area contributed by atoms with Gasteiger partial charge in [-0.25, -0.2) is 4.39 Å². The summed E-state index contributed by atoms with van der Waals surface area (Å²) in [6, 6.07) is 14.5. The predicted octanol–water partition coefficient (Wildman–Crippen LogP) is 4.56. The molecule has 0 saturated heterocycles. The first-order chi connectivity index (χ1) is 11.0. The molecule has 0 amide bonds. The minimum Gasteiger partial charge on any atom is -0.332 e. The number of nitriles is 1. The van der Waals surface area contributed by atoms with Gasteiger partial charge in [-0.05, 0) is 55.4 Å². The Labute approximate surface area is 141 Å². The lowest BCUT2D eigenvalue weighted by atomic mass is 10.1. The number of aryl methyl sites for hydroxylation is 2. The molecule has 1 N–H and O–H groups in total. The van der Waals surface area contributed by atoms with Crippen molar-refractivity contribution >= 4 is 28.7 Å². The van der Waals surface area contributed by atoms with Crippen molar-refractivity contribution in [1.29, 1.82) is 5.26 Å². The Balaban J connectivity index is 2.29. The van der Waals surface area contributed by atoms with Gasteiger partial charge in [0.25, 0.3) is 0 Å². The Morgan fingerprint density at radius 1 is 1.26 bits per heavy atom. The Morgan fingerprint density at radius 2 is 2.00 bits per heavy atom. The highest BCUT2D eigenvalue weighted by molar-refractivity contribution is 7.80. The average molecular weight is 327 g/mol. The molecule has 0 spiro atoms. The molecular weight excluding hydrogens is 309 g/mol. The molecule has 0 atom stereocenters. The summed E-state index contributed by atoms with van der Waals surface area (Å²) in [7, 11) is 0. The quantitative estimate of drug-likeness (QED) is 0.836. The summed E-state index contributed by atoms with van der Waals surface area (Å²) in [6.45, 7) is 4.30. The normalized spacial score (nSPS) is 10.0. The van der Waals surface area contributed by atoms with Crippen molar-refractivity contribution < 1.29 is 4.39 Å². The van der Waals surface area contributed by atoms with Gasteiger partial charge < -0.3 is 10.2 Å². The summed E-state index contributed by atoms with van der Waals surface area (Å²) >= 11 is 5.45. The number of halogens is 1. The lowest BCUT2D eigenvalue weighted by Crippen LogP contribution is -2.36. The second-order valence-electron chi connectivity index (χ2n) is 5.26. The Kier molecular flexibility index (Phi) is 5.67. The van der Waals surface area contributed by atoms with E-state index in [1.807, 2.05) is 32.0 Å². The number of para-hydroxylation sites is 1. The number of hydrogen-bond acceptors (Lipinski definition) is 2. The topological polar surface area (TPSA) is 39.1 Å². The second-order valence-corrected chi connectivity index (χ2v) is 5.65. The monoisotopic (exact) mass is 327 g/mol. The summed E-state index contributed by atoms with van der Waals surface area (Å²) in [5, 5.41) is 12.4. The van der Waals surface area contributed by atoms with Crippen LogP contribution in [-0.4, -0.2) is 11.7 Å². The maximum Gasteiger partial charge on any atom is 0.178 e. The highest BCUT2D eigenvalue weighted by Gasteiger charge is 2.16. The zero-order valence-corrected chi connectivity index (χ0v) is 14.0. The summed E-state index contributed by atoms with van der Waals surface area (Å²) in [6.07, 6.45) is 0.253. The van der Waals surface area contributed by atoms with Gasteiger partial charge in [-0.1, -0.05) is 24.3 Å². The highest BCUT2D eigenvalue weighted by Crippen LogP contribution is 2.22. The smallest absolute Gasteiger partial charge is 0.178 e. The molecule has 23 heavy (non-hydrogen) atoms. The number of hydrogen-bond donors (Lipinski definition) is 1. The fourth-order valence-electron chi connectivity index (χ4n) is 2.22. The number of anilines is 2. The van der Waals surface area contributed by atoms with Crippen LogP contribution < -0.4 is 10.2 Å². The van der Waals surface area contributed by atoms with Crippen molar-refractivity contribution in [2.24, 2.45) is 0 Å². The van der Waals surface area contributed by atoms with Crippen LogP contribution in [0.1, 0.15) is 17.5 Å². The van der Waals surface area contributed by atoms with Crippen LogP contribution in [0.2, 0.25) is 0 Å². The molecule has 0 heterocycles. The highest BCUT2D eigenvalue weighted by atomic mass is 32.1. The zero-order valence-electron chi connectivity index (χ0n) is 13.1. The van der Waals surface area contributed by atoms with Crippen LogP contribution in [-0.2, 0) is 0 Å². The van der Waals surface area contributed by atoms with E-state index < -0.39 is 0 Å². The summed E-state index contributed by atoms with van der Waals surface area (Å²) in [4.78, 5) is 1.62. The fraction of sp³-hybridized carbons (Fsp3) is 0.222. The first-order valence-corrected chi connectivity index (χ1v) is 7.71. The van der Waals surface area contributed by atoms with Crippen LogP contribution in [0.3, 0.4) is 0 Å². The van der Waals surface area contributed by atoms with Crippen LogP contribution in [0, 0.1) is 31.0 Å². The molecular formula is C18H18FN3S. The first kappa shape index (κ1) is 16.9. The number of thiocarbonyl (C=S) groups is 1. The van der Waals surface area contributed by atoms with Gasteiger partial charge in [0.2, 0.25) is 0 Å². The van der Waals surface area contributed by atoms with Crippen molar-refractivity contribution in [2.45, 2.75) is 20.3 Å². The van der Waals surface area contributed by atoms with Crippen LogP contribution in [0.15, 0.2) is 42.5 Å². The first-order valence-electron chi connectivity index (χ1n) is 7.30. The standard InChI is InChI=1S/C18H18FN3S/c1-13-8-9-14(2)16(12-13)21-18(23)22(11-5-10-20)17-7-4-3-6-15(17)19/h3-4,6-9,12H,5,11H2,1-2H3,(H,21,23). The molecule has 0 aromatic heterocycles.